The van der Waals surface area contributed by atoms with Crippen LogP contribution in [-0.2, 0) is 11.8 Å². The second kappa shape index (κ2) is 9.69. The largest absolute Gasteiger partial charge is 0.363 e. The number of nitro benzene ring substituents is 1. The molecule has 2 aromatic rings. The van der Waals surface area contributed by atoms with E-state index in [-0.39, 0.29) is 34.8 Å². The van der Waals surface area contributed by atoms with Crippen LogP contribution in [0, 0.1) is 10.1 Å². The van der Waals surface area contributed by atoms with E-state index in [1.54, 1.807) is 29.9 Å². The fourth-order valence-corrected chi connectivity index (χ4v) is 3.56. The molecule has 0 radical (unpaired) electrons. The van der Waals surface area contributed by atoms with E-state index in [1.165, 1.54) is 12.3 Å². The highest BCUT2D eigenvalue weighted by Gasteiger charge is 2.26. The smallest absolute Gasteiger partial charge is 0.293 e. The molecule has 1 aromatic heterocycles. The van der Waals surface area contributed by atoms with Crippen molar-refractivity contribution < 1.29 is 14.5 Å². The third-order valence-electron chi connectivity index (χ3n) is 5.56. The Bertz CT molecular complexity index is 965. The van der Waals surface area contributed by atoms with Gasteiger partial charge in [0.1, 0.15) is 5.69 Å². The van der Waals surface area contributed by atoms with Crippen molar-refractivity contribution in [1.29, 1.82) is 0 Å². The Hall–Kier alpha value is -3.27. The summed E-state index contributed by atoms with van der Waals surface area (Å²) < 4.78 is 1.58. The number of hydrogen-bond acceptors (Lipinski definition) is 7. The van der Waals surface area contributed by atoms with E-state index in [0.29, 0.717) is 38.4 Å². The maximum absolute atomic E-state index is 12.7. The Balaban J connectivity index is 1.69. The Morgan fingerprint density at radius 1 is 1.26 bits per heavy atom. The van der Waals surface area contributed by atoms with E-state index >= 15 is 0 Å². The second-order valence-corrected chi connectivity index (χ2v) is 7.79. The lowest BCUT2D eigenvalue weighted by molar-refractivity contribution is -0.384. The number of imidazole rings is 1. The van der Waals surface area contributed by atoms with E-state index in [4.69, 9.17) is 0 Å². The molecule has 3 rings (SSSR count). The van der Waals surface area contributed by atoms with Gasteiger partial charge in [-0.3, -0.25) is 24.6 Å². The van der Waals surface area contributed by atoms with Gasteiger partial charge in [-0.05, 0) is 25.5 Å². The minimum atomic E-state index is -0.462. The van der Waals surface area contributed by atoms with Crippen LogP contribution in [0.3, 0.4) is 0 Å². The number of nitrogens with one attached hydrogen (secondary N) is 1. The summed E-state index contributed by atoms with van der Waals surface area (Å²) in [6, 6.07) is 4.69. The summed E-state index contributed by atoms with van der Waals surface area (Å²) in [6.07, 6.45) is 4.04. The van der Waals surface area contributed by atoms with Crippen molar-refractivity contribution in [3.05, 3.63) is 52.1 Å². The first-order chi connectivity index (χ1) is 14.8. The zero-order chi connectivity index (χ0) is 22.5. The standard InChI is InChI=1S/C21H28N6O4/c1-4-15(2)23-19(28)14-25-9-11-26(12-10-25)17-6-5-16(13-18(17)27(30)31)20(29)21-22-7-8-24(21)3/h5-8,13,15H,4,9-12,14H2,1-3H3,(H,23,28)/t15-/m1/s1. The van der Waals surface area contributed by atoms with Crippen molar-refractivity contribution in [3.8, 4) is 0 Å². The van der Waals surface area contributed by atoms with Crippen molar-refractivity contribution in [2.75, 3.05) is 37.6 Å². The number of carbonyl (C=O) groups excluding carboxylic acids is 2. The molecule has 0 aliphatic carbocycles. The first kappa shape index (κ1) is 22.4. The van der Waals surface area contributed by atoms with Crippen molar-refractivity contribution in [3.63, 3.8) is 0 Å². The number of piperazine rings is 1. The number of rotatable bonds is 8. The number of nitrogens with zero attached hydrogens (tertiary/aromatic N) is 5. The molecule has 0 spiro atoms. The second-order valence-electron chi connectivity index (χ2n) is 7.79. The number of amides is 1. The van der Waals surface area contributed by atoms with Gasteiger partial charge in [-0.2, -0.15) is 0 Å². The summed E-state index contributed by atoms with van der Waals surface area (Å²) in [5.41, 5.74) is 0.596. The van der Waals surface area contributed by atoms with Crippen LogP contribution in [-0.4, -0.2) is 69.8 Å². The predicted octanol–water partition coefficient (Wildman–Crippen LogP) is 1.60. The number of aryl methyl sites for hydroxylation is 1. The Labute approximate surface area is 181 Å². The average molecular weight is 428 g/mol. The molecule has 1 saturated heterocycles. The summed E-state index contributed by atoms with van der Waals surface area (Å²) in [7, 11) is 1.70. The molecule has 31 heavy (non-hydrogen) atoms. The minimum absolute atomic E-state index is 0.00840. The number of nitro groups is 1. The molecule has 1 aromatic carbocycles. The number of benzene rings is 1. The third kappa shape index (κ3) is 5.26. The Morgan fingerprint density at radius 2 is 1.97 bits per heavy atom. The van der Waals surface area contributed by atoms with E-state index < -0.39 is 4.92 Å². The molecule has 0 unspecified atom stereocenters. The topological polar surface area (TPSA) is 114 Å². The summed E-state index contributed by atoms with van der Waals surface area (Å²) in [4.78, 5) is 44.0. The molecule has 1 fully saturated rings. The maximum Gasteiger partial charge on any atom is 0.293 e. The van der Waals surface area contributed by atoms with Crippen LogP contribution in [0.15, 0.2) is 30.6 Å². The Morgan fingerprint density at radius 3 is 2.55 bits per heavy atom. The normalized spacial score (nSPS) is 15.5. The number of ketones is 1. The Kier molecular flexibility index (Phi) is 7.01. The SMILES string of the molecule is CC[C@@H](C)NC(=O)CN1CCN(c2ccc(C(=O)c3nccn3C)cc2[N+](=O)[O-])CC1. The van der Waals surface area contributed by atoms with Crippen LogP contribution < -0.4 is 10.2 Å². The van der Waals surface area contributed by atoms with Crippen LogP contribution in [0.25, 0.3) is 0 Å². The zero-order valence-corrected chi connectivity index (χ0v) is 18.1. The highest BCUT2D eigenvalue weighted by molar-refractivity contribution is 6.07. The lowest BCUT2D eigenvalue weighted by Gasteiger charge is -2.35. The average Bonchev–Trinajstić information content (AvgIpc) is 3.19. The van der Waals surface area contributed by atoms with Crippen LogP contribution >= 0.6 is 0 Å². The number of hydrogen-bond donors (Lipinski definition) is 1. The van der Waals surface area contributed by atoms with Gasteiger partial charge in [0.15, 0.2) is 5.82 Å². The van der Waals surface area contributed by atoms with Crippen molar-refractivity contribution in [2.24, 2.45) is 7.05 Å². The number of anilines is 1. The van der Waals surface area contributed by atoms with E-state index in [1.807, 2.05) is 23.6 Å². The van der Waals surface area contributed by atoms with Gasteiger partial charge in [0, 0.05) is 63.3 Å². The molecular weight excluding hydrogens is 400 g/mol. The van der Waals surface area contributed by atoms with Gasteiger partial charge in [0.2, 0.25) is 11.7 Å². The quantitative estimate of drug-likeness (QED) is 0.386. The highest BCUT2D eigenvalue weighted by atomic mass is 16.6. The van der Waals surface area contributed by atoms with Crippen molar-refractivity contribution in [2.45, 2.75) is 26.3 Å². The molecule has 1 N–H and O–H groups in total. The minimum Gasteiger partial charge on any atom is -0.363 e. The van der Waals surface area contributed by atoms with Crippen molar-refractivity contribution >= 4 is 23.1 Å². The van der Waals surface area contributed by atoms with Gasteiger partial charge in [0.25, 0.3) is 5.69 Å². The fraction of sp³-hybridized carbons (Fsp3) is 0.476. The highest BCUT2D eigenvalue weighted by Crippen LogP contribution is 2.30. The van der Waals surface area contributed by atoms with Gasteiger partial charge >= 0.3 is 0 Å². The van der Waals surface area contributed by atoms with Gasteiger partial charge in [-0.15, -0.1) is 0 Å². The monoisotopic (exact) mass is 428 g/mol. The molecule has 1 atom stereocenters. The van der Waals surface area contributed by atoms with Crippen molar-refractivity contribution in [1.82, 2.24) is 19.8 Å². The third-order valence-corrected chi connectivity index (χ3v) is 5.56. The van der Waals surface area contributed by atoms with E-state index in [2.05, 4.69) is 10.3 Å². The van der Waals surface area contributed by atoms with Gasteiger partial charge in [-0.1, -0.05) is 6.92 Å². The zero-order valence-electron chi connectivity index (χ0n) is 18.1. The molecule has 2 heterocycles. The van der Waals surface area contributed by atoms with E-state index in [0.717, 1.165) is 6.42 Å². The summed E-state index contributed by atoms with van der Waals surface area (Å²) in [5.74, 6) is -0.142. The molecule has 0 saturated carbocycles. The molecule has 10 heteroatoms. The number of aromatic nitrogens is 2. The molecular formula is C21H28N6O4. The molecule has 0 bridgehead atoms. The summed E-state index contributed by atoms with van der Waals surface area (Å²) in [6.45, 7) is 6.67. The molecule has 1 amide bonds. The van der Waals surface area contributed by atoms with Crippen LogP contribution in [0.4, 0.5) is 11.4 Å². The predicted molar refractivity (Wildman–Crippen MR) is 116 cm³/mol. The van der Waals surface area contributed by atoms with Crippen LogP contribution in [0.2, 0.25) is 0 Å². The molecule has 1 aliphatic heterocycles. The first-order valence-electron chi connectivity index (χ1n) is 10.4. The van der Waals surface area contributed by atoms with E-state index in [9.17, 15) is 19.7 Å². The van der Waals surface area contributed by atoms with Gasteiger partial charge in [0.05, 0.1) is 11.5 Å². The summed E-state index contributed by atoms with van der Waals surface area (Å²) in [5, 5.41) is 14.7. The van der Waals surface area contributed by atoms with Crippen LogP contribution in [0.1, 0.15) is 36.5 Å². The number of carbonyl (C=O) groups is 2. The lowest BCUT2D eigenvalue weighted by Crippen LogP contribution is -2.50. The summed E-state index contributed by atoms with van der Waals surface area (Å²) >= 11 is 0. The fourth-order valence-electron chi connectivity index (χ4n) is 3.56. The molecule has 1 aliphatic rings. The molecule has 166 valence electrons. The van der Waals surface area contributed by atoms with Gasteiger partial charge < -0.3 is 14.8 Å². The van der Waals surface area contributed by atoms with Crippen LogP contribution in [0.5, 0.6) is 0 Å². The lowest BCUT2D eigenvalue weighted by atomic mass is 10.1. The van der Waals surface area contributed by atoms with Gasteiger partial charge in [-0.25, -0.2) is 4.98 Å². The maximum atomic E-state index is 12.7. The first-order valence-corrected chi connectivity index (χ1v) is 10.4. The molecule has 10 nitrogen and oxygen atoms in total.